The Morgan fingerprint density at radius 2 is 1.83 bits per heavy atom. The minimum atomic E-state index is -0.207. The molecule has 0 aromatic heterocycles. The average Bonchev–Trinajstić information content (AvgIpc) is 3.17. The first-order valence-corrected chi connectivity index (χ1v) is 10.3. The lowest BCUT2D eigenvalue weighted by Gasteiger charge is -2.34. The van der Waals surface area contributed by atoms with E-state index in [4.69, 9.17) is 14.7 Å². The van der Waals surface area contributed by atoms with Gasteiger partial charge >= 0.3 is 6.09 Å². The number of hydrogen-bond acceptors (Lipinski definition) is 4. The van der Waals surface area contributed by atoms with Crippen LogP contribution in [0.1, 0.15) is 37.8 Å². The third kappa shape index (κ3) is 4.22. The van der Waals surface area contributed by atoms with Crippen LogP contribution in [0, 0.1) is 17.2 Å². The minimum absolute atomic E-state index is 0.0850. The Hall–Kier alpha value is -3.00. The summed E-state index contributed by atoms with van der Waals surface area (Å²) >= 11 is 0. The van der Waals surface area contributed by atoms with Crippen molar-refractivity contribution in [2.45, 2.75) is 45.3 Å². The van der Waals surface area contributed by atoms with Crippen molar-refractivity contribution in [3.63, 3.8) is 0 Å². The van der Waals surface area contributed by atoms with Gasteiger partial charge in [-0.3, -0.25) is 0 Å². The SMILES string of the molecule is CC(C)OC(=O)N1CCC(C2Cc3cc(-c4ccc(C#N)cc4)ccc3O2)CC1. The number of benzene rings is 2. The fraction of sp³-hybridized carbons (Fsp3) is 0.417. The second-order valence-electron chi connectivity index (χ2n) is 8.13. The molecule has 150 valence electrons. The summed E-state index contributed by atoms with van der Waals surface area (Å²) in [6.07, 6.45) is 2.66. The van der Waals surface area contributed by atoms with Crippen molar-refractivity contribution in [1.29, 1.82) is 5.26 Å². The Bertz CT molecular complexity index is 922. The maximum atomic E-state index is 12.1. The van der Waals surface area contributed by atoms with E-state index < -0.39 is 0 Å². The first-order chi connectivity index (χ1) is 14.0. The zero-order valence-corrected chi connectivity index (χ0v) is 16.9. The molecule has 4 rings (SSSR count). The number of fused-ring (bicyclic) bond motifs is 1. The number of nitrogens with zero attached hydrogens (tertiary/aromatic N) is 2. The highest BCUT2D eigenvalue weighted by Crippen LogP contribution is 2.37. The lowest BCUT2D eigenvalue weighted by Crippen LogP contribution is -2.43. The summed E-state index contributed by atoms with van der Waals surface area (Å²) in [6, 6.07) is 16.2. The predicted molar refractivity (Wildman–Crippen MR) is 111 cm³/mol. The van der Waals surface area contributed by atoms with Crippen molar-refractivity contribution in [1.82, 2.24) is 4.90 Å². The fourth-order valence-electron chi connectivity index (χ4n) is 4.19. The van der Waals surface area contributed by atoms with Gasteiger partial charge in [0.2, 0.25) is 0 Å². The zero-order valence-electron chi connectivity index (χ0n) is 16.9. The maximum Gasteiger partial charge on any atom is 0.410 e. The number of rotatable bonds is 3. The molecule has 0 N–H and O–H groups in total. The summed E-state index contributed by atoms with van der Waals surface area (Å²) in [5, 5.41) is 8.97. The van der Waals surface area contributed by atoms with Crippen LogP contribution < -0.4 is 4.74 Å². The van der Waals surface area contributed by atoms with Crippen LogP contribution in [0.15, 0.2) is 42.5 Å². The van der Waals surface area contributed by atoms with Crippen molar-refractivity contribution in [2.24, 2.45) is 5.92 Å². The molecule has 2 aromatic rings. The molecule has 5 nitrogen and oxygen atoms in total. The summed E-state index contributed by atoms with van der Waals surface area (Å²) in [4.78, 5) is 13.9. The lowest BCUT2D eigenvalue weighted by molar-refractivity contribution is 0.0503. The fourth-order valence-corrected chi connectivity index (χ4v) is 4.19. The van der Waals surface area contributed by atoms with Gasteiger partial charge in [-0.1, -0.05) is 18.2 Å². The monoisotopic (exact) mass is 390 g/mol. The molecule has 1 saturated heterocycles. The largest absolute Gasteiger partial charge is 0.490 e. The summed E-state index contributed by atoms with van der Waals surface area (Å²) in [5.74, 6) is 1.41. The number of nitriles is 1. The molecule has 1 fully saturated rings. The Balaban J connectivity index is 1.38. The number of hydrogen-bond donors (Lipinski definition) is 0. The quantitative estimate of drug-likeness (QED) is 0.756. The predicted octanol–water partition coefficient (Wildman–Crippen LogP) is 4.79. The van der Waals surface area contributed by atoms with Gasteiger partial charge in [-0.25, -0.2) is 4.79 Å². The van der Waals surface area contributed by atoms with E-state index in [0.717, 1.165) is 49.2 Å². The van der Waals surface area contributed by atoms with Gasteiger partial charge in [0, 0.05) is 19.5 Å². The molecule has 1 amide bonds. The smallest absolute Gasteiger partial charge is 0.410 e. The van der Waals surface area contributed by atoms with E-state index in [9.17, 15) is 4.79 Å². The maximum absolute atomic E-state index is 12.1. The van der Waals surface area contributed by atoms with Crippen molar-refractivity contribution < 1.29 is 14.3 Å². The van der Waals surface area contributed by atoms with E-state index in [1.807, 2.05) is 43.0 Å². The third-order valence-corrected chi connectivity index (χ3v) is 5.77. The average molecular weight is 390 g/mol. The van der Waals surface area contributed by atoms with Crippen LogP contribution in [0.5, 0.6) is 5.75 Å². The van der Waals surface area contributed by atoms with Crippen LogP contribution in [-0.4, -0.2) is 36.3 Å². The molecule has 0 saturated carbocycles. The zero-order chi connectivity index (χ0) is 20.4. The van der Waals surface area contributed by atoms with Crippen LogP contribution in [0.2, 0.25) is 0 Å². The number of carbonyl (C=O) groups is 1. The Morgan fingerprint density at radius 1 is 1.14 bits per heavy atom. The highest BCUT2D eigenvalue weighted by atomic mass is 16.6. The second-order valence-corrected chi connectivity index (χ2v) is 8.13. The van der Waals surface area contributed by atoms with Crippen LogP contribution in [0.3, 0.4) is 0 Å². The number of ether oxygens (including phenoxy) is 2. The molecule has 29 heavy (non-hydrogen) atoms. The van der Waals surface area contributed by atoms with Crippen molar-refractivity contribution in [3.05, 3.63) is 53.6 Å². The van der Waals surface area contributed by atoms with Crippen LogP contribution >= 0.6 is 0 Å². The second kappa shape index (κ2) is 8.16. The molecular formula is C24H26N2O3. The van der Waals surface area contributed by atoms with Crippen LogP contribution in [-0.2, 0) is 11.2 Å². The van der Waals surface area contributed by atoms with E-state index in [1.165, 1.54) is 5.56 Å². The van der Waals surface area contributed by atoms with E-state index >= 15 is 0 Å². The number of carbonyl (C=O) groups excluding carboxylic acids is 1. The molecule has 2 heterocycles. The molecule has 0 bridgehead atoms. The lowest BCUT2D eigenvalue weighted by atomic mass is 9.88. The minimum Gasteiger partial charge on any atom is -0.490 e. The summed E-state index contributed by atoms with van der Waals surface area (Å²) in [7, 11) is 0. The van der Waals surface area contributed by atoms with Crippen LogP contribution in [0.4, 0.5) is 4.79 Å². The third-order valence-electron chi connectivity index (χ3n) is 5.77. The van der Waals surface area contributed by atoms with Gasteiger partial charge < -0.3 is 14.4 Å². The summed E-state index contributed by atoms with van der Waals surface area (Å²) in [6.45, 7) is 5.20. The standard InChI is InChI=1S/C24H26N2O3/c1-16(2)28-24(27)26-11-9-19(10-12-26)23-14-21-13-20(7-8-22(21)29-23)18-5-3-17(15-25)4-6-18/h3-8,13,16,19,23H,9-12,14H2,1-2H3. The molecular weight excluding hydrogens is 364 g/mol. The van der Waals surface area contributed by atoms with Gasteiger partial charge in [0.05, 0.1) is 17.7 Å². The first kappa shape index (κ1) is 19.3. The van der Waals surface area contributed by atoms with E-state index in [2.05, 4.69) is 24.3 Å². The summed E-state index contributed by atoms with van der Waals surface area (Å²) < 4.78 is 11.6. The van der Waals surface area contributed by atoms with Crippen molar-refractivity contribution in [2.75, 3.05) is 13.1 Å². The highest BCUT2D eigenvalue weighted by Gasteiger charge is 2.34. The normalized spacial score (nSPS) is 18.8. The van der Waals surface area contributed by atoms with Gasteiger partial charge in [0.1, 0.15) is 11.9 Å². The Morgan fingerprint density at radius 3 is 2.48 bits per heavy atom. The summed E-state index contributed by atoms with van der Waals surface area (Å²) in [5.41, 5.74) is 4.15. The van der Waals surface area contributed by atoms with Gasteiger partial charge in [-0.15, -0.1) is 0 Å². The van der Waals surface area contributed by atoms with Gasteiger partial charge in [0.25, 0.3) is 0 Å². The van der Waals surface area contributed by atoms with E-state index in [1.54, 1.807) is 0 Å². The highest BCUT2D eigenvalue weighted by molar-refractivity contribution is 5.68. The van der Waals surface area contributed by atoms with E-state index in [0.29, 0.717) is 11.5 Å². The van der Waals surface area contributed by atoms with Gasteiger partial charge in [-0.05, 0) is 73.6 Å². The molecule has 2 aliphatic rings. The first-order valence-electron chi connectivity index (χ1n) is 10.3. The number of likely N-dealkylation sites (tertiary alicyclic amines) is 1. The molecule has 1 unspecified atom stereocenters. The molecule has 0 aliphatic carbocycles. The number of amides is 1. The van der Waals surface area contributed by atoms with Crippen molar-refractivity contribution in [3.8, 4) is 22.9 Å². The van der Waals surface area contributed by atoms with Crippen molar-refractivity contribution >= 4 is 6.09 Å². The molecule has 0 spiro atoms. The number of piperidine rings is 1. The molecule has 1 atom stereocenters. The molecule has 2 aliphatic heterocycles. The van der Waals surface area contributed by atoms with E-state index in [-0.39, 0.29) is 18.3 Å². The topological polar surface area (TPSA) is 62.6 Å². The Labute approximate surface area is 171 Å². The van der Waals surface area contributed by atoms with Crippen LogP contribution in [0.25, 0.3) is 11.1 Å². The van der Waals surface area contributed by atoms with Gasteiger partial charge in [0.15, 0.2) is 0 Å². The Kier molecular flexibility index (Phi) is 5.44. The molecule has 2 aromatic carbocycles. The molecule has 5 heteroatoms. The molecule has 0 radical (unpaired) electrons. The van der Waals surface area contributed by atoms with Gasteiger partial charge in [-0.2, -0.15) is 5.26 Å².